The average Bonchev–Trinajstić information content (AvgIpc) is 2.88. The maximum absolute atomic E-state index is 12.2. The molecule has 0 spiro atoms. The maximum Gasteiger partial charge on any atom is 0.251 e. The van der Waals surface area contributed by atoms with E-state index < -0.39 is 6.10 Å². The minimum absolute atomic E-state index is 0.126. The van der Waals surface area contributed by atoms with E-state index in [-0.39, 0.29) is 11.9 Å². The molecule has 1 aliphatic carbocycles. The minimum Gasteiger partial charge on any atom is -0.391 e. The van der Waals surface area contributed by atoms with Crippen molar-refractivity contribution in [3.8, 4) is 0 Å². The van der Waals surface area contributed by atoms with Crippen molar-refractivity contribution < 1.29 is 9.90 Å². The summed E-state index contributed by atoms with van der Waals surface area (Å²) in [5.74, 6) is -0.137. The van der Waals surface area contributed by atoms with Gasteiger partial charge in [0, 0.05) is 10.9 Å². The first-order valence-corrected chi connectivity index (χ1v) is 6.66. The van der Waals surface area contributed by atoms with Crippen LogP contribution >= 0.6 is 0 Å². The van der Waals surface area contributed by atoms with E-state index in [4.69, 9.17) is 0 Å². The first kappa shape index (κ1) is 12.2. The molecular weight excluding hydrogens is 242 g/mol. The number of hydrogen-bond donors (Lipinski definition) is 3. The lowest BCUT2D eigenvalue weighted by Crippen LogP contribution is -2.45. The van der Waals surface area contributed by atoms with Gasteiger partial charge in [-0.2, -0.15) is 5.10 Å². The minimum atomic E-state index is -0.423. The van der Waals surface area contributed by atoms with Crippen LogP contribution in [-0.2, 0) is 0 Å². The molecule has 2 atom stereocenters. The Balaban J connectivity index is 1.75. The van der Waals surface area contributed by atoms with E-state index in [2.05, 4.69) is 15.5 Å². The summed E-state index contributed by atoms with van der Waals surface area (Å²) < 4.78 is 0. The molecule has 1 saturated carbocycles. The van der Waals surface area contributed by atoms with Crippen molar-refractivity contribution in [1.29, 1.82) is 0 Å². The fraction of sp³-hybridized carbons (Fsp3) is 0.429. The number of amides is 1. The van der Waals surface area contributed by atoms with Gasteiger partial charge in [-0.05, 0) is 25.0 Å². The van der Waals surface area contributed by atoms with Gasteiger partial charge in [-0.15, -0.1) is 0 Å². The van der Waals surface area contributed by atoms with Crippen molar-refractivity contribution in [3.63, 3.8) is 0 Å². The number of aliphatic hydroxyl groups excluding tert-OH is 1. The summed E-state index contributed by atoms with van der Waals surface area (Å²) in [6, 6.07) is 5.30. The Morgan fingerprint density at radius 3 is 3.05 bits per heavy atom. The fourth-order valence-electron chi connectivity index (χ4n) is 2.61. The zero-order valence-corrected chi connectivity index (χ0v) is 10.6. The van der Waals surface area contributed by atoms with E-state index in [1.165, 1.54) is 0 Å². The van der Waals surface area contributed by atoms with Gasteiger partial charge in [0.05, 0.1) is 23.9 Å². The highest BCUT2D eigenvalue weighted by atomic mass is 16.3. The Hall–Kier alpha value is -1.88. The first-order chi connectivity index (χ1) is 9.24. The molecule has 100 valence electrons. The number of carbonyl (C=O) groups is 1. The monoisotopic (exact) mass is 259 g/mol. The summed E-state index contributed by atoms with van der Waals surface area (Å²) in [4.78, 5) is 12.2. The van der Waals surface area contributed by atoms with Gasteiger partial charge in [0.2, 0.25) is 0 Å². The third-order valence-corrected chi connectivity index (χ3v) is 3.75. The quantitative estimate of drug-likeness (QED) is 0.766. The summed E-state index contributed by atoms with van der Waals surface area (Å²) in [6.07, 6.45) is 5.01. The molecule has 0 radical (unpaired) electrons. The van der Waals surface area contributed by atoms with Crippen LogP contribution in [0, 0.1) is 0 Å². The molecule has 3 N–H and O–H groups in total. The number of aromatic nitrogens is 2. The smallest absolute Gasteiger partial charge is 0.251 e. The zero-order chi connectivity index (χ0) is 13.2. The van der Waals surface area contributed by atoms with Gasteiger partial charge in [-0.3, -0.25) is 9.89 Å². The van der Waals surface area contributed by atoms with E-state index in [9.17, 15) is 9.90 Å². The molecule has 1 amide bonds. The first-order valence-electron chi connectivity index (χ1n) is 6.66. The molecule has 0 saturated heterocycles. The van der Waals surface area contributed by atoms with Crippen LogP contribution in [0.4, 0.5) is 0 Å². The number of aromatic amines is 1. The van der Waals surface area contributed by atoms with Crippen LogP contribution in [0.2, 0.25) is 0 Å². The summed E-state index contributed by atoms with van der Waals surface area (Å²) in [5, 5.41) is 20.6. The van der Waals surface area contributed by atoms with Crippen molar-refractivity contribution in [2.24, 2.45) is 0 Å². The standard InChI is InChI=1S/C14H17N3O2/c18-13-4-2-1-3-11(13)16-14(19)9-5-6-10-8-15-17-12(10)7-9/h5-8,11,13,18H,1-4H2,(H,15,17)(H,16,19). The number of nitrogens with zero attached hydrogens (tertiary/aromatic N) is 1. The third kappa shape index (κ3) is 2.46. The van der Waals surface area contributed by atoms with Gasteiger partial charge in [-0.25, -0.2) is 0 Å². The highest BCUT2D eigenvalue weighted by Crippen LogP contribution is 2.19. The number of hydrogen-bond acceptors (Lipinski definition) is 3. The van der Waals surface area contributed by atoms with Gasteiger partial charge < -0.3 is 10.4 Å². The molecule has 1 heterocycles. The summed E-state index contributed by atoms with van der Waals surface area (Å²) in [6.45, 7) is 0. The molecule has 0 bridgehead atoms. The second kappa shape index (κ2) is 5.01. The van der Waals surface area contributed by atoms with Gasteiger partial charge in [0.1, 0.15) is 0 Å². The largest absolute Gasteiger partial charge is 0.391 e. The number of nitrogens with one attached hydrogen (secondary N) is 2. The molecule has 3 rings (SSSR count). The molecule has 5 nitrogen and oxygen atoms in total. The van der Waals surface area contributed by atoms with Crippen molar-refractivity contribution in [2.45, 2.75) is 37.8 Å². The number of H-pyrrole nitrogens is 1. The van der Waals surface area contributed by atoms with Crippen molar-refractivity contribution >= 4 is 16.8 Å². The predicted molar refractivity (Wildman–Crippen MR) is 71.8 cm³/mol. The Kier molecular flexibility index (Phi) is 3.21. The molecular formula is C14H17N3O2. The zero-order valence-electron chi connectivity index (χ0n) is 10.6. The molecule has 1 aromatic heterocycles. The number of aliphatic hydroxyl groups is 1. The molecule has 0 aliphatic heterocycles. The number of carbonyl (C=O) groups excluding carboxylic acids is 1. The molecule has 2 aromatic rings. The average molecular weight is 259 g/mol. The number of rotatable bonds is 2. The molecule has 1 aliphatic rings. The molecule has 5 heteroatoms. The summed E-state index contributed by atoms with van der Waals surface area (Å²) >= 11 is 0. The second-order valence-electron chi connectivity index (χ2n) is 5.10. The van der Waals surface area contributed by atoms with Crippen LogP contribution in [0.25, 0.3) is 10.9 Å². The summed E-state index contributed by atoms with van der Waals surface area (Å²) in [5.41, 5.74) is 1.44. The summed E-state index contributed by atoms with van der Waals surface area (Å²) in [7, 11) is 0. The van der Waals surface area contributed by atoms with Crippen LogP contribution < -0.4 is 5.32 Å². The van der Waals surface area contributed by atoms with Crippen LogP contribution in [-0.4, -0.2) is 33.4 Å². The lowest BCUT2D eigenvalue weighted by molar-refractivity contribution is 0.0717. The van der Waals surface area contributed by atoms with Gasteiger partial charge in [0.25, 0.3) is 5.91 Å². The van der Waals surface area contributed by atoms with Crippen molar-refractivity contribution in [3.05, 3.63) is 30.0 Å². The molecule has 1 fully saturated rings. The fourth-order valence-corrected chi connectivity index (χ4v) is 2.61. The lowest BCUT2D eigenvalue weighted by Gasteiger charge is -2.28. The maximum atomic E-state index is 12.2. The third-order valence-electron chi connectivity index (χ3n) is 3.75. The van der Waals surface area contributed by atoms with Crippen molar-refractivity contribution in [2.75, 3.05) is 0 Å². The van der Waals surface area contributed by atoms with E-state index in [0.29, 0.717) is 5.56 Å². The van der Waals surface area contributed by atoms with Gasteiger partial charge in [0.15, 0.2) is 0 Å². The Morgan fingerprint density at radius 2 is 2.21 bits per heavy atom. The number of fused-ring (bicyclic) bond motifs is 1. The number of benzene rings is 1. The van der Waals surface area contributed by atoms with Gasteiger partial charge in [-0.1, -0.05) is 18.9 Å². The Labute approximate surface area is 111 Å². The van der Waals surface area contributed by atoms with E-state index >= 15 is 0 Å². The van der Waals surface area contributed by atoms with Crippen molar-refractivity contribution in [1.82, 2.24) is 15.5 Å². The lowest BCUT2D eigenvalue weighted by atomic mass is 9.92. The molecule has 2 unspecified atom stereocenters. The van der Waals surface area contributed by atoms with Gasteiger partial charge >= 0.3 is 0 Å². The van der Waals surface area contributed by atoms with Crippen LogP contribution in [0.3, 0.4) is 0 Å². The normalized spacial score (nSPS) is 23.4. The molecule has 1 aromatic carbocycles. The molecule has 19 heavy (non-hydrogen) atoms. The van der Waals surface area contributed by atoms with E-state index in [1.807, 2.05) is 6.07 Å². The van der Waals surface area contributed by atoms with Crippen LogP contribution in [0.15, 0.2) is 24.4 Å². The Morgan fingerprint density at radius 1 is 1.37 bits per heavy atom. The second-order valence-corrected chi connectivity index (χ2v) is 5.10. The predicted octanol–water partition coefficient (Wildman–Crippen LogP) is 1.60. The topological polar surface area (TPSA) is 78.0 Å². The van der Waals surface area contributed by atoms with Crippen LogP contribution in [0.5, 0.6) is 0 Å². The highest BCUT2D eigenvalue weighted by Gasteiger charge is 2.24. The SMILES string of the molecule is O=C(NC1CCCCC1O)c1ccc2cn[nH]c2c1. The Bertz CT molecular complexity index is 593. The van der Waals surface area contributed by atoms with E-state index in [1.54, 1.807) is 18.3 Å². The van der Waals surface area contributed by atoms with Crippen LogP contribution in [0.1, 0.15) is 36.0 Å². The highest BCUT2D eigenvalue weighted by molar-refractivity contribution is 5.97. The van der Waals surface area contributed by atoms with E-state index in [0.717, 1.165) is 36.6 Å².